The van der Waals surface area contributed by atoms with Gasteiger partial charge < -0.3 is 16.4 Å². The summed E-state index contributed by atoms with van der Waals surface area (Å²) in [4.78, 5) is 23.7. The monoisotopic (exact) mass is 299 g/mol. The van der Waals surface area contributed by atoms with E-state index in [1.807, 2.05) is 0 Å². The molecule has 1 unspecified atom stereocenters. The highest BCUT2D eigenvalue weighted by molar-refractivity contribution is 5.99. The van der Waals surface area contributed by atoms with Crippen LogP contribution < -0.4 is 16.4 Å². The van der Waals surface area contributed by atoms with Gasteiger partial charge in [-0.2, -0.15) is 0 Å². The lowest BCUT2D eigenvalue weighted by Crippen LogP contribution is -2.46. The maximum Gasteiger partial charge on any atom is 0.246 e. The van der Waals surface area contributed by atoms with E-state index in [-0.39, 0.29) is 24.2 Å². The molecule has 5 nitrogen and oxygen atoms in total. The lowest BCUT2D eigenvalue weighted by Gasteiger charge is -2.21. The lowest BCUT2D eigenvalue weighted by molar-refractivity contribution is -0.131. The van der Waals surface area contributed by atoms with Crippen molar-refractivity contribution in [1.29, 1.82) is 0 Å². The Bertz CT molecular complexity index is 484. The van der Waals surface area contributed by atoms with E-state index in [9.17, 15) is 9.59 Å². The van der Waals surface area contributed by atoms with Crippen LogP contribution in [0.2, 0.25) is 0 Å². The minimum atomic E-state index is -0.619. The highest BCUT2D eigenvalue weighted by Crippen LogP contribution is 2.17. The van der Waals surface area contributed by atoms with Gasteiger partial charge in [0, 0.05) is 5.41 Å². The maximum absolute atomic E-state index is 11.9. The first-order valence-corrected chi connectivity index (χ1v) is 6.18. The first kappa shape index (κ1) is 18.2. The van der Waals surface area contributed by atoms with Crippen LogP contribution in [0.4, 0.5) is 11.4 Å². The molecule has 0 aliphatic carbocycles. The molecule has 0 aliphatic rings. The molecule has 20 heavy (non-hydrogen) atoms. The number of nitrogen functional groups attached to an aromatic ring is 1. The first-order valence-electron chi connectivity index (χ1n) is 6.18. The minimum absolute atomic E-state index is 0. The molecule has 1 aromatic rings. The number of rotatable bonds is 3. The molecule has 1 rings (SSSR count). The van der Waals surface area contributed by atoms with E-state index in [1.54, 1.807) is 52.0 Å². The van der Waals surface area contributed by atoms with E-state index in [0.717, 1.165) is 0 Å². The lowest BCUT2D eigenvalue weighted by atomic mass is 9.95. The molecule has 0 heterocycles. The number of nitrogens with two attached hydrogens (primary N) is 1. The second kappa shape index (κ2) is 7.14. The fourth-order valence-corrected chi connectivity index (χ4v) is 1.33. The van der Waals surface area contributed by atoms with Crippen molar-refractivity contribution in [3.8, 4) is 0 Å². The molecule has 0 aromatic heterocycles. The van der Waals surface area contributed by atoms with E-state index in [4.69, 9.17) is 5.73 Å². The zero-order valence-corrected chi connectivity index (χ0v) is 13.0. The van der Waals surface area contributed by atoms with Crippen molar-refractivity contribution in [3.05, 3.63) is 24.3 Å². The van der Waals surface area contributed by atoms with Crippen molar-refractivity contribution in [1.82, 2.24) is 5.32 Å². The van der Waals surface area contributed by atoms with E-state index >= 15 is 0 Å². The van der Waals surface area contributed by atoms with Crippen LogP contribution in [0.1, 0.15) is 27.7 Å². The third-order valence-electron chi connectivity index (χ3n) is 2.64. The van der Waals surface area contributed by atoms with Crippen molar-refractivity contribution in [3.63, 3.8) is 0 Å². The summed E-state index contributed by atoms with van der Waals surface area (Å²) in [6, 6.07) is 6.37. The molecule has 0 aliphatic heterocycles. The number of benzene rings is 1. The Morgan fingerprint density at radius 1 is 1.20 bits per heavy atom. The van der Waals surface area contributed by atoms with Crippen molar-refractivity contribution in [2.75, 3.05) is 11.1 Å². The molecule has 0 fully saturated rings. The number of carbonyl (C=O) groups is 2. The van der Waals surface area contributed by atoms with Crippen LogP contribution in [0.25, 0.3) is 0 Å². The average molecular weight is 300 g/mol. The molecular weight excluding hydrogens is 278 g/mol. The van der Waals surface area contributed by atoms with Gasteiger partial charge in [-0.05, 0) is 19.1 Å². The summed E-state index contributed by atoms with van der Waals surface area (Å²) in [5, 5.41) is 5.36. The average Bonchev–Trinajstić information content (AvgIpc) is 2.30. The number of hydrogen-bond acceptors (Lipinski definition) is 3. The number of para-hydroxylation sites is 2. The summed E-state index contributed by atoms with van der Waals surface area (Å²) in [6.45, 7) is 7.02. The molecule has 0 spiro atoms. The summed E-state index contributed by atoms with van der Waals surface area (Å²) in [5.74, 6) is -0.466. The molecule has 0 saturated heterocycles. The Balaban J connectivity index is 0.00000361. The van der Waals surface area contributed by atoms with Gasteiger partial charge in [-0.15, -0.1) is 12.4 Å². The van der Waals surface area contributed by atoms with Crippen LogP contribution in [-0.2, 0) is 9.59 Å². The first-order chi connectivity index (χ1) is 8.71. The number of hydrogen-bond donors (Lipinski definition) is 3. The Labute approximate surface area is 125 Å². The Morgan fingerprint density at radius 3 is 2.25 bits per heavy atom. The predicted molar refractivity (Wildman–Crippen MR) is 83.8 cm³/mol. The SMILES string of the molecule is CC(NC(=O)C(C)(C)C)C(=O)Nc1ccccc1N.Cl. The normalized spacial score (nSPS) is 12.0. The van der Waals surface area contributed by atoms with Gasteiger partial charge in [0.1, 0.15) is 6.04 Å². The van der Waals surface area contributed by atoms with Gasteiger partial charge in [0.05, 0.1) is 11.4 Å². The van der Waals surface area contributed by atoms with Gasteiger partial charge in [0.25, 0.3) is 0 Å². The third-order valence-corrected chi connectivity index (χ3v) is 2.64. The van der Waals surface area contributed by atoms with Crippen molar-refractivity contribution < 1.29 is 9.59 Å². The standard InChI is InChI=1S/C14H21N3O2.ClH/c1-9(16-13(19)14(2,3)4)12(18)17-11-8-6-5-7-10(11)15;/h5-9H,15H2,1-4H3,(H,16,19)(H,17,18);1H. The van der Waals surface area contributed by atoms with Crippen LogP contribution >= 0.6 is 12.4 Å². The van der Waals surface area contributed by atoms with Gasteiger partial charge >= 0.3 is 0 Å². The zero-order chi connectivity index (χ0) is 14.6. The van der Waals surface area contributed by atoms with Crippen molar-refractivity contribution in [2.45, 2.75) is 33.7 Å². The summed E-state index contributed by atoms with van der Waals surface area (Å²) in [5.41, 5.74) is 6.25. The number of nitrogens with one attached hydrogen (secondary N) is 2. The van der Waals surface area contributed by atoms with E-state index in [2.05, 4.69) is 10.6 Å². The number of anilines is 2. The van der Waals surface area contributed by atoms with Gasteiger partial charge in [-0.1, -0.05) is 32.9 Å². The highest BCUT2D eigenvalue weighted by atomic mass is 35.5. The maximum atomic E-state index is 11.9. The topological polar surface area (TPSA) is 84.2 Å². The smallest absolute Gasteiger partial charge is 0.246 e. The number of carbonyl (C=O) groups excluding carboxylic acids is 2. The Morgan fingerprint density at radius 2 is 1.75 bits per heavy atom. The van der Waals surface area contributed by atoms with Crippen LogP contribution in [-0.4, -0.2) is 17.9 Å². The largest absolute Gasteiger partial charge is 0.397 e. The molecular formula is C14H22ClN3O2. The predicted octanol–water partition coefficient (Wildman–Crippen LogP) is 2.18. The van der Waals surface area contributed by atoms with E-state index < -0.39 is 11.5 Å². The van der Waals surface area contributed by atoms with Crippen LogP contribution in [0.5, 0.6) is 0 Å². The molecule has 0 radical (unpaired) electrons. The molecule has 112 valence electrons. The van der Waals surface area contributed by atoms with Gasteiger partial charge in [0.2, 0.25) is 11.8 Å². The molecule has 1 atom stereocenters. The minimum Gasteiger partial charge on any atom is -0.397 e. The third kappa shape index (κ3) is 5.09. The zero-order valence-electron chi connectivity index (χ0n) is 12.2. The molecule has 0 bridgehead atoms. The Hall–Kier alpha value is -1.75. The molecule has 2 amide bonds. The fraction of sp³-hybridized carbons (Fsp3) is 0.429. The van der Waals surface area contributed by atoms with Crippen LogP contribution in [0, 0.1) is 5.41 Å². The molecule has 1 aromatic carbocycles. The quantitative estimate of drug-likeness (QED) is 0.748. The fourth-order valence-electron chi connectivity index (χ4n) is 1.33. The molecule has 0 saturated carbocycles. The highest BCUT2D eigenvalue weighted by Gasteiger charge is 2.25. The van der Waals surface area contributed by atoms with E-state index in [1.165, 1.54) is 0 Å². The van der Waals surface area contributed by atoms with Gasteiger partial charge in [-0.3, -0.25) is 9.59 Å². The molecule has 4 N–H and O–H groups in total. The second-order valence-electron chi connectivity index (χ2n) is 5.52. The van der Waals surface area contributed by atoms with Crippen LogP contribution in [0.15, 0.2) is 24.3 Å². The van der Waals surface area contributed by atoms with E-state index in [0.29, 0.717) is 11.4 Å². The summed E-state index contributed by atoms with van der Waals surface area (Å²) in [6.07, 6.45) is 0. The number of halogens is 1. The van der Waals surface area contributed by atoms with Crippen molar-refractivity contribution >= 4 is 35.6 Å². The van der Waals surface area contributed by atoms with Crippen LogP contribution in [0.3, 0.4) is 0 Å². The summed E-state index contributed by atoms with van der Waals surface area (Å²) >= 11 is 0. The summed E-state index contributed by atoms with van der Waals surface area (Å²) < 4.78 is 0. The molecule has 6 heteroatoms. The van der Waals surface area contributed by atoms with Gasteiger partial charge in [-0.25, -0.2) is 0 Å². The van der Waals surface area contributed by atoms with Crippen molar-refractivity contribution in [2.24, 2.45) is 5.41 Å². The second-order valence-corrected chi connectivity index (χ2v) is 5.52. The van der Waals surface area contributed by atoms with Gasteiger partial charge in [0.15, 0.2) is 0 Å². The Kier molecular flexibility index (Phi) is 6.52. The summed E-state index contributed by atoms with van der Waals surface area (Å²) in [7, 11) is 0. The number of amides is 2.